The molecular formula is C11H11BrN4O. The molecule has 2 aromatic rings. The number of benzene rings is 1. The third-order valence-electron chi connectivity index (χ3n) is 2.16. The molecule has 0 fully saturated rings. The van der Waals surface area contributed by atoms with E-state index in [2.05, 4.69) is 31.2 Å². The maximum atomic E-state index is 5.76. The fourth-order valence-corrected chi connectivity index (χ4v) is 1.71. The van der Waals surface area contributed by atoms with Gasteiger partial charge in [0.1, 0.15) is 12.1 Å². The molecule has 0 spiro atoms. The molecule has 0 saturated carbocycles. The van der Waals surface area contributed by atoms with E-state index in [4.69, 9.17) is 10.5 Å². The average Bonchev–Trinajstić information content (AvgIpc) is 2.32. The third kappa shape index (κ3) is 2.65. The Bertz CT molecular complexity index is 533. The van der Waals surface area contributed by atoms with Gasteiger partial charge in [0.15, 0.2) is 5.82 Å². The van der Waals surface area contributed by atoms with E-state index in [0.717, 1.165) is 10.2 Å². The lowest BCUT2D eigenvalue weighted by molar-refractivity contribution is 0.416. The molecule has 0 unspecified atom stereocenters. The predicted octanol–water partition coefficient (Wildman–Crippen LogP) is 2.57. The van der Waals surface area contributed by atoms with Gasteiger partial charge >= 0.3 is 0 Å². The molecule has 6 heteroatoms. The summed E-state index contributed by atoms with van der Waals surface area (Å²) in [6.07, 6.45) is 2.98. The predicted molar refractivity (Wildman–Crippen MR) is 70.4 cm³/mol. The number of nitrogens with two attached hydrogens (primary N) is 1. The molecule has 0 saturated heterocycles. The molecule has 0 aliphatic carbocycles. The minimum absolute atomic E-state index is 0.481. The van der Waals surface area contributed by atoms with Crippen LogP contribution in [0.5, 0.6) is 5.75 Å². The van der Waals surface area contributed by atoms with Gasteiger partial charge in [-0.15, -0.1) is 0 Å². The van der Waals surface area contributed by atoms with Crippen molar-refractivity contribution >= 4 is 33.1 Å². The van der Waals surface area contributed by atoms with Crippen molar-refractivity contribution in [2.45, 2.75) is 0 Å². The maximum Gasteiger partial charge on any atom is 0.157 e. The molecule has 1 aromatic carbocycles. The minimum Gasteiger partial charge on any atom is -0.495 e. The number of rotatable bonds is 3. The van der Waals surface area contributed by atoms with Crippen LogP contribution in [0.15, 0.2) is 35.2 Å². The standard InChI is InChI=1S/C11H11BrN4O/c1-17-10-3-2-7(12)4-9(10)16-11-8(13)5-14-6-15-11/h2-6H,13H2,1H3,(H,14,15,16). The van der Waals surface area contributed by atoms with Crippen molar-refractivity contribution in [3.8, 4) is 5.75 Å². The monoisotopic (exact) mass is 294 g/mol. The number of hydrogen-bond acceptors (Lipinski definition) is 5. The van der Waals surface area contributed by atoms with Crippen molar-refractivity contribution in [1.82, 2.24) is 9.97 Å². The summed E-state index contributed by atoms with van der Waals surface area (Å²) in [6.45, 7) is 0. The molecular weight excluding hydrogens is 284 g/mol. The second-order valence-electron chi connectivity index (χ2n) is 3.30. The number of halogens is 1. The summed E-state index contributed by atoms with van der Waals surface area (Å²) in [5, 5.41) is 3.10. The van der Waals surface area contributed by atoms with Crippen molar-refractivity contribution in [3.63, 3.8) is 0 Å². The number of methoxy groups -OCH3 is 1. The Kier molecular flexibility index (Phi) is 3.43. The second-order valence-corrected chi connectivity index (χ2v) is 4.21. The smallest absolute Gasteiger partial charge is 0.157 e. The first-order valence-corrected chi connectivity index (χ1v) is 5.66. The quantitative estimate of drug-likeness (QED) is 0.910. The Labute approximate surface area is 107 Å². The van der Waals surface area contributed by atoms with E-state index in [1.807, 2.05) is 18.2 Å². The highest BCUT2D eigenvalue weighted by molar-refractivity contribution is 9.10. The van der Waals surface area contributed by atoms with Gasteiger partial charge in [-0.2, -0.15) is 0 Å². The zero-order valence-electron chi connectivity index (χ0n) is 9.14. The molecule has 17 heavy (non-hydrogen) atoms. The first-order valence-electron chi connectivity index (χ1n) is 4.86. The summed E-state index contributed by atoms with van der Waals surface area (Å²) < 4.78 is 6.18. The molecule has 1 aromatic heterocycles. The number of nitrogens with one attached hydrogen (secondary N) is 1. The molecule has 1 heterocycles. The fourth-order valence-electron chi connectivity index (χ4n) is 1.35. The van der Waals surface area contributed by atoms with E-state index in [-0.39, 0.29) is 0 Å². The molecule has 88 valence electrons. The van der Waals surface area contributed by atoms with Gasteiger partial charge in [-0.1, -0.05) is 15.9 Å². The largest absolute Gasteiger partial charge is 0.495 e. The van der Waals surface area contributed by atoms with Crippen LogP contribution < -0.4 is 15.8 Å². The number of hydrogen-bond donors (Lipinski definition) is 2. The van der Waals surface area contributed by atoms with E-state index < -0.39 is 0 Å². The highest BCUT2D eigenvalue weighted by Gasteiger charge is 2.06. The van der Waals surface area contributed by atoms with E-state index in [0.29, 0.717) is 17.3 Å². The molecule has 0 bridgehead atoms. The molecule has 2 rings (SSSR count). The Morgan fingerprint density at radius 1 is 1.41 bits per heavy atom. The summed E-state index contributed by atoms with van der Waals surface area (Å²) >= 11 is 3.40. The van der Waals surface area contributed by atoms with E-state index in [9.17, 15) is 0 Å². The number of nitrogen functional groups attached to an aromatic ring is 1. The fraction of sp³-hybridized carbons (Fsp3) is 0.0909. The Balaban J connectivity index is 2.35. The Hall–Kier alpha value is -1.82. The minimum atomic E-state index is 0.481. The van der Waals surface area contributed by atoms with Gasteiger partial charge in [-0.25, -0.2) is 9.97 Å². The van der Waals surface area contributed by atoms with Crippen LogP contribution in [0.4, 0.5) is 17.2 Å². The van der Waals surface area contributed by atoms with Gasteiger partial charge in [-0.05, 0) is 18.2 Å². The Morgan fingerprint density at radius 2 is 2.24 bits per heavy atom. The lowest BCUT2D eigenvalue weighted by Gasteiger charge is -2.11. The van der Waals surface area contributed by atoms with E-state index >= 15 is 0 Å². The first kappa shape index (κ1) is 11.7. The van der Waals surface area contributed by atoms with Crippen LogP contribution in [-0.4, -0.2) is 17.1 Å². The van der Waals surface area contributed by atoms with Crippen molar-refractivity contribution in [1.29, 1.82) is 0 Å². The van der Waals surface area contributed by atoms with Gasteiger partial charge in [0.2, 0.25) is 0 Å². The number of aromatic nitrogens is 2. The van der Waals surface area contributed by atoms with Gasteiger partial charge in [0, 0.05) is 4.47 Å². The average molecular weight is 295 g/mol. The first-order chi connectivity index (χ1) is 8.20. The molecule has 0 aliphatic heterocycles. The maximum absolute atomic E-state index is 5.76. The summed E-state index contributed by atoms with van der Waals surface area (Å²) in [5.41, 5.74) is 7.02. The lowest BCUT2D eigenvalue weighted by Crippen LogP contribution is -2.01. The van der Waals surface area contributed by atoms with E-state index in [1.54, 1.807) is 13.3 Å². The number of nitrogens with zero attached hydrogens (tertiary/aromatic N) is 2. The summed E-state index contributed by atoms with van der Waals surface area (Å²) in [7, 11) is 1.61. The molecule has 0 aliphatic rings. The topological polar surface area (TPSA) is 73.1 Å². The van der Waals surface area contributed by atoms with Crippen LogP contribution in [0.1, 0.15) is 0 Å². The van der Waals surface area contributed by atoms with E-state index in [1.165, 1.54) is 6.33 Å². The number of ether oxygens (including phenoxy) is 1. The zero-order chi connectivity index (χ0) is 12.3. The summed E-state index contributed by atoms with van der Waals surface area (Å²) in [6, 6.07) is 5.64. The van der Waals surface area contributed by atoms with Gasteiger partial charge in [0.05, 0.1) is 24.7 Å². The van der Waals surface area contributed by atoms with Crippen LogP contribution >= 0.6 is 15.9 Å². The van der Waals surface area contributed by atoms with Crippen LogP contribution in [0, 0.1) is 0 Å². The highest BCUT2D eigenvalue weighted by Crippen LogP contribution is 2.31. The number of anilines is 3. The van der Waals surface area contributed by atoms with Gasteiger partial charge < -0.3 is 15.8 Å². The normalized spacial score (nSPS) is 10.0. The van der Waals surface area contributed by atoms with Gasteiger partial charge in [-0.3, -0.25) is 0 Å². The second kappa shape index (κ2) is 5.01. The van der Waals surface area contributed by atoms with Crippen LogP contribution in [0.2, 0.25) is 0 Å². The molecule has 5 nitrogen and oxygen atoms in total. The molecule has 0 radical (unpaired) electrons. The highest BCUT2D eigenvalue weighted by atomic mass is 79.9. The Morgan fingerprint density at radius 3 is 2.94 bits per heavy atom. The lowest BCUT2D eigenvalue weighted by atomic mass is 10.3. The van der Waals surface area contributed by atoms with Crippen molar-refractivity contribution in [3.05, 3.63) is 35.2 Å². The summed E-state index contributed by atoms with van der Waals surface area (Å²) in [5.74, 6) is 1.27. The van der Waals surface area contributed by atoms with Crippen LogP contribution in [-0.2, 0) is 0 Å². The van der Waals surface area contributed by atoms with Crippen molar-refractivity contribution in [2.75, 3.05) is 18.2 Å². The third-order valence-corrected chi connectivity index (χ3v) is 2.65. The van der Waals surface area contributed by atoms with Crippen molar-refractivity contribution < 1.29 is 4.74 Å². The SMILES string of the molecule is COc1ccc(Br)cc1Nc1ncncc1N. The van der Waals surface area contributed by atoms with Crippen LogP contribution in [0.3, 0.4) is 0 Å². The van der Waals surface area contributed by atoms with Crippen molar-refractivity contribution in [2.24, 2.45) is 0 Å². The molecule has 3 N–H and O–H groups in total. The molecule has 0 atom stereocenters. The summed E-state index contributed by atoms with van der Waals surface area (Å²) in [4.78, 5) is 7.89. The van der Waals surface area contributed by atoms with Gasteiger partial charge in [0.25, 0.3) is 0 Å². The molecule has 0 amide bonds. The van der Waals surface area contributed by atoms with Crippen LogP contribution in [0.25, 0.3) is 0 Å². The zero-order valence-corrected chi connectivity index (χ0v) is 10.7.